The number of anilines is 2. The fourth-order valence-electron chi connectivity index (χ4n) is 5.85. The largest absolute Gasteiger partial charge is 0.495 e. The van der Waals surface area contributed by atoms with Crippen LogP contribution >= 0.6 is 0 Å². The van der Waals surface area contributed by atoms with Crippen molar-refractivity contribution in [3.8, 4) is 22.8 Å². The number of hydrogen-bond acceptors (Lipinski definition) is 10. The van der Waals surface area contributed by atoms with Crippen LogP contribution in [0.5, 0.6) is 11.6 Å². The lowest BCUT2D eigenvalue weighted by molar-refractivity contribution is 0.0899. The van der Waals surface area contributed by atoms with Crippen LogP contribution in [0.15, 0.2) is 47.0 Å². The number of aromatic nitrogens is 4. The predicted molar refractivity (Wildman–Crippen MR) is 188 cm³/mol. The van der Waals surface area contributed by atoms with Gasteiger partial charge in [0.25, 0.3) is 5.91 Å². The minimum absolute atomic E-state index is 0.0470. The number of carbonyl (C=O) groups is 1. The molecule has 0 atom stereocenters. The van der Waals surface area contributed by atoms with E-state index in [2.05, 4.69) is 35.3 Å². The third kappa shape index (κ3) is 7.64. The first-order valence-corrected chi connectivity index (χ1v) is 20.2. The maximum atomic E-state index is 12.5. The Morgan fingerprint density at radius 2 is 1.92 bits per heavy atom. The average molecular weight is 673 g/mol. The van der Waals surface area contributed by atoms with Gasteiger partial charge in [0.2, 0.25) is 11.8 Å². The zero-order valence-corrected chi connectivity index (χ0v) is 29.3. The number of nitrogens with zero attached hydrogens (tertiary/aromatic N) is 4. The van der Waals surface area contributed by atoms with E-state index in [1.165, 1.54) is 7.11 Å². The van der Waals surface area contributed by atoms with Crippen molar-refractivity contribution in [3.63, 3.8) is 0 Å². The van der Waals surface area contributed by atoms with E-state index in [1.54, 1.807) is 18.2 Å². The molecular formula is C35H44N6O6Si. The smallest absolute Gasteiger partial charge is 0.251 e. The van der Waals surface area contributed by atoms with Crippen LogP contribution in [0.25, 0.3) is 33.3 Å². The molecule has 254 valence electrons. The molecule has 5 aromatic rings. The summed E-state index contributed by atoms with van der Waals surface area (Å²) in [5, 5.41) is 15.9. The van der Waals surface area contributed by atoms with Gasteiger partial charge in [-0.25, -0.2) is 4.98 Å². The number of carbonyl (C=O) groups excluding carboxylic acids is 1. The maximum Gasteiger partial charge on any atom is 0.251 e. The van der Waals surface area contributed by atoms with Crippen LogP contribution in [0.2, 0.25) is 25.7 Å². The number of fused-ring (bicyclic) bond motifs is 2. The van der Waals surface area contributed by atoms with Gasteiger partial charge < -0.3 is 38.9 Å². The summed E-state index contributed by atoms with van der Waals surface area (Å²) in [6, 6.07) is 12.1. The highest BCUT2D eigenvalue weighted by molar-refractivity contribution is 6.76. The van der Waals surface area contributed by atoms with Crippen molar-refractivity contribution in [1.82, 2.24) is 24.8 Å². The number of nitrogens with one attached hydrogen (secondary N) is 2. The molecule has 2 aromatic carbocycles. The van der Waals surface area contributed by atoms with E-state index >= 15 is 0 Å². The van der Waals surface area contributed by atoms with Crippen LogP contribution in [-0.2, 0) is 11.5 Å². The average Bonchev–Trinajstić information content (AvgIpc) is 3.80. The molecule has 12 nitrogen and oxygen atoms in total. The quantitative estimate of drug-likeness (QED) is 0.0865. The van der Waals surface area contributed by atoms with Crippen molar-refractivity contribution in [2.24, 2.45) is 0 Å². The summed E-state index contributed by atoms with van der Waals surface area (Å²) in [7, 11) is 0.254. The summed E-state index contributed by atoms with van der Waals surface area (Å²) in [6.07, 6.45) is 6.23. The Morgan fingerprint density at radius 1 is 1.10 bits per heavy atom. The molecule has 48 heavy (non-hydrogen) atoms. The zero-order chi connectivity index (χ0) is 33.8. The topological polar surface area (TPSA) is 146 Å². The second-order valence-electron chi connectivity index (χ2n) is 13.4. The first-order chi connectivity index (χ1) is 23.1. The molecule has 1 fully saturated rings. The van der Waals surface area contributed by atoms with Gasteiger partial charge >= 0.3 is 0 Å². The third-order valence-electron chi connectivity index (χ3n) is 8.40. The number of hydrogen-bond donors (Lipinski definition) is 3. The number of rotatable bonds is 14. The van der Waals surface area contributed by atoms with E-state index in [0.29, 0.717) is 59.3 Å². The first kappa shape index (κ1) is 33.4. The summed E-state index contributed by atoms with van der Waals surface area (Å²) in [5.74, 6) is 1.55. The van der Waals surface area contributed by atoms with Crippen molar-refractivity contribution >= 4 is 47.7 Å². The van der Waals surface area contributed by atoms with E-state index in [9.17, 15) is 4.79 Å². The Labute approximate surface area is 280 Å². The lowest BCUT2D eigenvalue weighted by Gasteiger charge is -2.17. The second-order valence-corrected chi connectivity index (χ2v) is 19.0. The normalized spacial score (nSPS) is 13.8. The Hall–Kier alpha value is -4.46. The van der Waals surface area contributed by atoms with Crippen molar-refractivity contribution in [3.05, 3.63) is 54.0 Å². The number of benzene rings is 2. The number of aryl methyl sites for hydroxylation is 1. The Morgan fingerprint density at radius 3 is 2.67 bits per heavy atom. The monoisotopic (exact) mass is 672 g/mol. The second kappa shape index (κ2) is 14.3. The van der Waals surface area contributed by atoms with E-state index < -0.39 is 8.07 Å². The standard InChI is InChI=1S/C35H44N6O6Si/c1-22-37-28-12-10-23(18-30(28)46-22)26-20-41(21-45-16-17-48(3,4)5)32-31(26)34(47-25-8-6-7-9-25)40-35(39-32)38-27-13-11-24(19-29(27)44-2)33(43)36-14-15-42/h10-13,18-20,25,42H,6-9,14-17,21H2,1-5H3,(H,36,43)(H,38,39,40). The van der Waals surface area contributed by atoms with Gasteiger partial charge in [-0.15, -0.1) is 0 Å². The summed E-state index contributed by atoms with van der Waals surface area (Å²) >= 11 is 0. The molecule has 1 saturated carbocycles. The van der Waals surface area contributed by atoms with Crippen LogP contribution in [-0.4, -0.2) is 71.6 Å². The van der Waals surface area contributed by atoms with Gasteiger partial charge in [0.05, 0.1) is 24.8 Å². The van der Waals surface area contributed by atoms with Crippen LogP contribution < -0.4 is 20.1 Å². The number of amides is 1. The molecule has 0 aliphatic heterocycles. The first-order valence-electron chi connectivity index (χ1n) is 16.5. The summed E-state index contributed by atoms with van der Waals surface area (Å²) in [5.41, 5.74) is 4.99. The van der Waals surface area contributed by atoms with Crippen molar-refractivity contribution in [2.45, 2.75) is 71.1 Å². The van der Waals surface area contributed by atoms with Crippen LogP contribution in [0, 0.1) is 6.92 Å². The van der Waals surface area contributed by atoms with Crippen molar-refractivity contribution < 1.29 is 28.5 Å². The number of aliphatic hydroxyl groups is 1. The fourth-order valence-corrected chi connectivity index (χ4v) is 6.61. The van der Waals surface area contributed by atoms with E-state index in [1.807, 2.05) is 35.9 Å². The van der Waals surface area contributed by atoms with Gasteiger partial charge in [0.15, 0.2) is 17.1 Å². The molecule has 1 amide bonds. The predicted octanol–water partition coefficient (Wildman–Crippen LogP) is 6.66. The molecule has 3 aromatic heterocycles. The van der Waals surface area contributed by atoms with E-state index in [4.69, 9.17) is 33.7 Å². The molecule has 0 spiro atoms. The Bertz CT molecular complexity index is 1910. The lowest BCUT2D eigenvalue weighted by atomic mass is 10.1. The number of aliphatic hydroxyl groups excluding tert-OH is 1. The molecule has 0 saturated heterocycles. The molecule has 0 radical (unpaired) electrons. The van der Waals surface area contributed by atoms with Gasteiger partial charge in [-0.05, 0) is 67.6 Å². The molecule has 0 unspecified atom stereocenters. The molecular weight excluding hydrogens is 629 g/mol. The molecule has 3 N–H and O–H groups in total. The number of oxazole rings is 1. The summed E-state index contributed by atoms with van der Waals surface area (Å²) in [6.45, 7) is 9.83. The lowest BCUT2D eigenvalue weighted by Crippen LogP contribution is -2.26. The van der Waals surface area contributed by atoms with Gasteiger partial charge in [0, 0.05) is 45.5 Å². The molecule has 3 heterocycles. The van der Waals surface area contributed by atoms with Crippen molar-refractivity contribution in [2.75, 3.05) is 32.2 Å². The van der Waals surface area contributed by atoms with Gasteiger partial charge in [0.1, 0.15) is 24.1 Å². The molecule has 1 aliphatic carbocycles. The van der Waals surface area contributed by atoms with Gasteiger partial charge in [-0.3, -0.25) is 4.79 Å². The number of ether oxygens (including phenoxy) is 3. The van der Waals surface area contributed by atoms with Crippen LogP contribution in [0.4, 0.5) is 11.6 Å². The van der Waals surface area contributed by atoms with Gasteiger partial charge in [-0.2, -0.15) is 9.97 Å². The molecule has 13 heteroatoms. The van der Waals surface area contributed by atoms with Crippen LogP contribution in [0.3, 0.4) is 0 Å². The van der Waals surface area contributed by atoms with Gasteiger partial charge in [-0.1, -0.05) is 25.7 Å². The zero-order valence-electron chi connectivity index (χ0n) is 28.3. The van der Waals surface area contributed by atoms with Crippen LogP contribution in [0.1, 0.15) is 41.9 Å². The molecule has 6 rings (SSSR count). The SMILES string of the molecule is COc1cc(C(=O)NCCO)ccc1Nc1nc(OC2CCCC2)c2c(-c3ccc4nc(C)oc4c3)cn(COCC[Si](C)(C)C)c2n1. The molecule has 1 aliphatic rings. The summed E-state index contributed by atoms with van der Waals surface area (Å²) < 4.78 is 26.4. The maximum absolute atomic E-state index is 12.5. The number of methoxy groups -OCH3 is 1. The highest BCUT2D eigenvalue weighted by Gasteiger charge is 2.25. The minimum atomic E-state index is -1.28. The van der Waals surface area contributed by atoms with Crippen molar-refractivity contribution in [1.29, 1.82) is 0 Å². The Kier molecular flexibility index (Phi) is 9.99. The minimum Gasteiger partial charge on any atom is -0.495 e. The fraction of sp³-hybridized carbons (Fsp3) is 0.429. The third-order valence-corrected chi connectivity index (χ3v) is 10.1. The highest BCUT2D eigenvalue weighted by Crippen LogP contribution is 2.40. The van der Waals surface area contributed by atoms with E-state index in [0.717, 1.165) is 53.8 Å². The van der Waals surface area contributed by atoms with E-state index in [-0.39, 0.29) is 25.2 Å². The Balaban J connectivity index is 1.44. The summed E-state index contributed by atoms with van der Waals surface area (Å²) in [4.78, 5) is 27.0. The highest BCUT2D eigenvalue weighted by atomic mass is 28.3. The molecule has 0 bridgehead atoms.